The first-order chi connectivity index (χ1) is 14.4. The van der Waals surface area contributed by atoms with Crippen LogP contribution in [0.25, 0.3) is 0 Å². The van der Waals surface area contributed by atoms with Gasteiger partial charge in [-0.1, -0.05) is 32.0 Å². The minimum atomic E-state index is -0.328. The van der Waals surface area contributed by atoms with Crippen molar-refractivity contribution in [2.45, 2.75) is 32.6 Å². The summed E-state index contributed by atoms with van der Waals surface area (Å²) in [6.45, 7) is 5.25. The third kappa shape index (κ3) is 5.12. The number of nitrogens with one attached hydrogen (secondary N) is 1. The second-order valence-electron chi connectivity index (χ2n) is 7.95. The number of benzene rings is 2. The predicted octanol–water partition coefficient (Wildman–Crippen LogP) is 3.86. The zero-order valence-electron chi connectivity index (χ0n) is 18.1. The zero-order valence-corrected chi connectivity index (χ0v) is 18.1. The van der Waals surface area contributed by atoms with Gasteiger partial charge in [0.2, 0.25) is 11.8 Å². The van der Waals surface area contributed by atoms with Crippen LogP contribution in [0.5, 0.6) is 11.5 Å². The summed E-state index contributed by atoms with van der Waals surface area (Å²) >= 11 is 0. The summed E-state index contributed by atoms with van der Waals surface area (Å²) in [6.07, 6.45) is 0.943. The van der Waals surface area contributed by atoms with Gasteiger partial charge in [0.25, 0.3) is 0 Å². The van der Waals surface area contributed by atoms with Gasteiger partial charge in [0, 0.05) is 25.2 Å². The highest BCUT2D eigenvalue weighted by atomic mass is 16.5. The van der Waals surface area contributed by atoms with E-state index < -0.39 is 0 Å². The van der Waals surface area contributed by atoms with E-state index in [1.54, 1.807) is 19.1 Å². The molecule has 0 bridgehead atoms. The number of anilines is 1. The molecule has 1 heterocycles. The number of ether oxygens (including phenoxy) is 2. The van der Waals surface area contributed by atoms with E-state index in [2.05, 4.69) is 25.2 Å². The molecular formula is C24H30N2O4. The second kappa shape index (κ2) is 9.65. The lowest BCUT2D eigenvalue weighted by molar-refractivity contribution is -0.128. The number of carbonyl (C=O) groups is 2. The Balaban J connectivity index is 1.57. The fourth-order valence-electron chi connectivity index (χ4n) is 3.68. The monoisotopic (exact) mass is 410 g/mol. The molecular weight excluding hydrogens is 380 g/mol. The number of carbonyl (C=O) groups excluding carboxylic acids is 2. The first-order valence-corrected chi connectivity index (χ1v) is 10.3. The van der Waals surface area contributed by atoms with Crippen molar-refractivity contribution in [3.05, 3.63) is 53.6 Å². The number of rotatable bonds is 8. The van der Waals surface area contributed by atoms with Gasteiger partial charge in [-0.2, -0.15) is 0 Å². The van der Waals surface area contributed by atoms with Gasteiger partial charge < -0.3 is 19.7 Å². The SMILES string of the molecule is COc1ccc(CCN2CC(C(=O)Nc3cccc(C(C)C)c3)CC2=O)cc1OC. The molecule has 2 amide bonds. The summed E-state index contributed by atoms with van der Waals surface area (Å²) in [6, 6.07) is 13.6. The Morgan fingerprint density at radius 1 is 1.13 bits per heavy atom. The minimum Gasteiger partial charge on any atom is -0.493 e. The van der Waals surface area contributed by atoms with Crippen molar-refractivity contribution < 1.29 is 19.1 Å². The van der Waals surface area contributed by atoms with E-state index in [1.807, 2.05) is 36.4 Å². The minimum absolute atomic E-state index is 0.0200. The van der Waals surface area contributed by atoms with E-state index in [0.29, 0.717) is 36.9 Å². The van der Waals surface area contributed by atoms with Crippen molar-refractivity contribution >= 4 is 17.5 Å². The summed E-state index contributed by atoms with van der Waals surface area (Å²) in [5.41, 5.74) is 3.01. The van der Waals surface area contributed by atoms with Crippen molar-refractivity contribution in [1.29, 1.82) is 0 Å². The highest BCUT2D eigenvalue weighted by molar-refractivity contribution is 5.97. The molecule has 1 atom stereocenters. The van der Waals surface area contributed by atoms with E-state index in [0.717, 1.165) is 11.3 Å². The summed E-state index contributed by atoms with van der Waals surface area (Å²) in [7, 11) is 3.20. The van der Waals surface area contributed by atoms with Crippen molar-refractivity contribution in [2.24, 2.45) is 5.92 Å². The lowest BCUT2D eigenvalue weighted by atomic mass is 10.0. The molecule has 2 aromatic carbocycles. The second-order valence-corrected chi connectivity index (χ2v) is 7.95. The average Bonchev–Trinajstić information content (AvgIpc) is 3.12. The Kier molecular flexibility index (Phi) is 6.98. The highest BCUT2D eigenvalue weighted by Gasteiger charge is 2.34. The highest BCUT2D eigenvalue weighted by Crippen LogP contribution is 2.28. The predicted molar refractivity (Wildman–Crippen MR) is 117 cm³/mol. The molecule has 3 rings (SSSR count). The molecule has 0 radical (unpaired) electrons. The molecule has 30 heavy (non-hydrogen) atoms. The maximum atomic E-state index is 12.7. The first-order valence-electron chi connectivity index (χ1n) is 10.3. The fraction of sp³-hybridized carbons (Fsp3) is 0.417. The molecule has 0 saturated carbocycles. The first kappa shape index (κ1) is 21.7. The summed E-state index contributed by atoms with van der Waals surface area (Å²) in [5.74, 6) is 1.33. The van der Waals surface area contributed by atoms with Crippen LogP contribution in [0.4, 0.5) is 5.69 Å². The van der Waals surface area contributed by atoms with Crippen LogP contribution in [0.3, 0.4) is 0 Å². The number of methoxy groups -OCH3 is 2. The van der Waals surface area contributed by atoms with Crippen LogP contribution < -0.4 is 14.8 Å². The standard InChI is InChI=1S/C24H30N2O4/c1-16(2)18-6-5-7-20(13-18)25-24(28)19-14-23(27)26(15-19)11-10-17-8-9-21(29-3)22(12-17)30-4/h5-9,12-13,16,19H,10-11,14-15H2,1-4H3,(H,25,28). The maximum Gasteiger partial charge on any atom is 0.229 e. The van der Waals surface area contributed by atoms with Crippen molar-refractivity contribution in [3.8, 4) is 11.5 Å². The molecule has 2 aromatic rings. The van der Waals surface area contributed by atoms with Gasteiger partial charge >= 0.3 is 0 Å². The number of likely N-dealkylation sites (tertiary alicyclic amines) is 1. The molecule has 1 fully saturated rings. The van der Waals surface area contributed by atoms with Gasteiger partial charge in [-0.3, -0.25) is 9.59 Å². The van der Waals surface area contributed by atoms with E-state index >= 15 is 0 Å². The van der Waals surface area contributed by atoms with E-state index in [4.69, 9.17) is 9.47 Å². The van der Waals surface area contributed by atoms with Crippen molar-refractivity contribution in [1.82, 2.24) is 4.90 Å². The average molecular weight is 411 g/mol. The molecule has 160 valence electrons. The molecule has 1 aliphatic heterocycles. The maximum absolute atomic E-state index is 12.7. The number of nitrogens with zero attached hydrogens (tertiary/aromatic N) is 1. The molecule has 1 N–H and O–H groups in total. The van der Waals surface area contributed by atoms with E-state index in [-0.39, 0.29) is 24.2 Å². The largest absolute Gasteiger partial charge is 0.493 e. The van der Waals surface area contributed by atoms with Gasteiger partial charge in [-0.25, -0.2) is 0 Å². The Labute approximate surface area is 178 Å². The third-order valence-corrected chi connectivity index (χ3v) is 5.52. The molecule has 6 nitrogen and oxygen atoms in total. The van der Waals surface area contributed by atoms with Gasteiger partial charge in [0.15, 0.2) is 11.5 Å². The number of amides is 2. The zero-order chi connectivity index (χ0) is 21.7. The molecule has 0 aliphatic carbocycles. The van der Waals surface area contributed by atoms with Crippen LogP contribution in [0, 0.1) is 5.92 Å². The lowest BCUT2D eigenvalue weighted by Crippen LogP contribution is -2.30. The van der Waals surface area contributed by atoms with Crippen molar-refractivity contribution in [2.75, 3.05) is 32.6 Å². The van der Waals surface area contributed by atoms with E-state index in [9.17, 15) is 9.59 Å². The quantitative estimate of drug-likeness (QED) is 0.718. The summed E-state index contributed by atoms with van der Waals surface area (Å²) in [4.78, 5) is 26.9. The third-order valence-electron chi connectivity index (χ3n) is 5.52. The number of hydrogen-bond acceptors (Lipinski definition) is 4. The van der Waals surface area contributed by atoms with Gasteiger partial charge in [0.05, 0.1) is 20.1 Å². The van der Waals surface area contributed by atoms with E-state index in [1.165, 1.54) is 5.56 Å². The Hall–Kier alpha value is -3.02. The normalized spacial score (nSPS) is 16.1. The fourth-order valence-corrected chi connectivity index (χ4v) is 3.68. The summed E-state index contributed by atoms with van der Waals surface area (Å²) < 4.78 is 10.6. The van der Waals surface area contributed by atoms with Gasteiger partial charge in [-0.05, 0) is 47.7 Å². The molecule has 0 spiro atoms. The molecule has 1 aliphatic rings. The van der Waals surface area contributed by atoms with Gasteiger partial charge in [-0.15, -0.1) is 0 Å². The molecule has 6 heteroatoms. The smallest absolute Gasteiger partial charge is 0.229 e. The van der Waals surface area contributed by atoms with Crippen LogP contribution in [-0.2, 0) is 16.0 Å². The van der Waals surface area contributed by atoms with Gasteiger partial charge in [0.1, 0.15) is 0 Å². The topological polar surface area (TPSA) is 67.9 Å². The van der Waals surface area contributed by atoms with Crippen LogP contribution in [0.2, 0.25) is 0 Å². The Morgan fingerprint density at radius 3 is 2.60 bits per heavy atom. The van der Waals surface area contributed by atoms with Crippen LogP contribution in [-0.4, -0.2) is 44.0 Å². The Bertz CT molecular complexity index is 910. The van der Waals surface area contributed by atoms with Crippen LogP contribution in [0.15, 0.2) is 42.5 Å². The van der Waals surface area contributed by atoms with Crippen LogP contribution >= 0.6 is 0 Å². The molecule has 0 aromatic heterocycles. The lowest BCUT2D eigenvalue weighted by Gasteiger charge is -2.17. The van der Waals surface area contributed by atoms with Crippen LogP contribution in [0.1, 0.15) is 37.3 Å². The molecule has 1 saturated heterocycles. The Morgan fingerprint density at radius 2 is 1.90 bits per heavy atom. The number of hydrogen-bond donors (Lipinski definition) is 1. The summed E-state index contributed by atoms with van der Waals surface area (Å²) in [5, 5.41) is 2.97. The van der Waals surface area contributed by atoms with Crippen molar-refractivity contribution in [3.63, 3.8) is 0 Å². The molecule has 1 unspecified atom stereocenters.